The van der Waals surface area contributed by atoms with E-state index in [1.54, 1.807) is 0 Å². The van der Waals surface area contributed by atoms with Crippen LogP contribution >= 0.6 is 0 Å². The number of ether oxygens (including phenoxy) is 1. The van der Waals surface area contributed by atoms with E-state index in [-0.39, 0.29) is 11.9 Å². The second kappa shape index (κ2) is 6.06. The Bertz CT molecular complexity index is 459. The molecule has 0 saturated carbocycles. The molecule has 104 valence electrons. The number of nitrogens with one attached hydrogen (secondary N) is 1. The SMILES string of the molecule is CCCC(C)C(N)c1ccc2c(c1)C(=O)NCCO2. The quantitative estimate of drug-likeness (QED) is 0.874. The van der Waals surface area contributed by atoms with E-state index in [1.165, 1.54) is 0 Å². The second-order valence-corrected chi connectivity index (χ2v) is 5.15. The van der Waals surface area contributed by atoms with Crippen LogP contribution in [-0.2, 0) is 0 Å². The van der Waals surface area contributed by atoms with Gasteiger partial charge in [0.1, 0.15) is 12.4 Å². The van der Waals surface area contributed by atoms with Gasteiger partial charge in [-0.2, -0.15) is 0 Å². The Balaban J connectivity index is 2.26. The molecule has 2 atom stereocenters. The Morgan fingerprint density at radius 2 is 2.26 bits per heavy atom. The maximum absolute atomic E-state index is 11.9. The third-order valence-corrected chi connectivity index (χ3v) is 3.64. The molecule has 1 aliphatic rings. The van der Waals surface area contributed by atoms with Gasteiger partial charge in [0.15, 0.2) is 0 Å². The fourth-order valence-electron chi connectivity index (χ4n) is 2.44. The highest BCUT2D eigenvalue weighted by Crippen LogP contribution is 2.28. The van der Waals surface area contributed by atoms with Crippen molar-refractivity contribution in [1.29, 1.82) is 0 Å². The summed E-state index contributed by atoms with van der Waals surface area (Å²) in [7, 11) is 0. The van der Waals surface area contributed by atoms with Gasteiger partial charge in [0, 0.05) is 6.04 Å². The maximum atomic E-state index is 11.9. The Morgan fingerprint density at radius 3 is 3.00 bits per heavy atom. The van der Waals surface area contributed by atoms with E-state index >= 15 is 0 Å². The lowest BCUT2D eigenvalue weighted by Gasteiger charge is -2.20. The van der Waals surface area contributed by atoms with Crippen LogP contribution in [0, 0.1) is 5.92 Å². The molecule has 0 saturated heterocycles. The van der Waals surface area contributed by atoms with Gasteiger partial charge in [-0.25, -0.2) is 0 Å². The predicted molar refractivity (Wildman–Crippen MR) is 75.3 cm³/mol. The standard InChI is InChI=1S/C15H22N2O2/c1-3-4-10(2)14(16)11-5-6-13-12(9-11)15(18)17-7-8-19-13/h5-6,9-10,14H,3-4,7-8,16H2,1-2H3,(H,17,18). The molecule has 0 radical (unpaired) electrons. The number of rotatable bonds is 4. The average Bonchev–Trinajstić information content (AvgIpc) is 2.60. The lowest BCUT2D eigenvalue weighted by Crippen LogP contribution is -2.25. The van der Waals surface area contributed by atoms with Crippen molar-refractivity contribution in [2.75, 3.05) is 13.2 Å². The minimum absolute atomic E-state index is 0.0405. The summed E-state index contributed by atoms with van der Waals surface area (Å²) >= 11 is 0. The van der Waals surface area contributed by atoms with Crippen LogP contribution in [0.25, 0.3) is 0 Å². The molecule has 19 heavy (non-hydrogen) atoms. The van der Waals surface area contributed by atoms with Crippen LogP contribution in [0.5, 0.6) is 5.75 Å². The molecule has 1 heterocycles. The monoisotopic (exact) mass is 262 g/mol. The summed E-state index contributed by atoms with van der Waals surface area (Å²) in [4.78, 5) is 11.9. The first-order chi connectivity index (χ1) is 9.13. The second-order valence-electron chi connectivity index (χ2n) is 5.15. The van der Waals surface area contributed by atoms with Crippen LogP contribution in [0.1, 0.15) is 48.7 Å². The van der Waals surface area contributed by atoms with Crippen molar-refractivity contribution in [1.82, 2.24) is 5.32 Å². The highest BCUT2D eigenvalue weighted by Gasteiger charge is 2.20. The molecule has 0 bridgehead atoms. The van der Waals surface area contributed by atoms with Crippen molar-refractivity contribution in [2.24, 2.45) is 11.7 Å². The van der Waals surface area contributed by atoms with E-state index < -0.39 is 0 Å². The van der Waals surface area contributed by atoms with Crippen molar-refractivity contribution >= 4 is 5.91 Å². The molecule has 1 aromatic rings. The van der Waals surface area contributed by atoms with Crippen LogP contribution in [-0.4, -0.2) is 19.1 Å². The first-order valence-electron chi connectivity index (χ1n) is 6.94. The molecule has 0 fully saturated rings. The van der Waals surface area contributed by atoms with Crippen molar-refractivity contribution in [3.63, 3.8) is 0 Å². The molecule has 0 aromatic heterocycles. The van der Waals surface area contributed by atoms with E-state index in [4.69, 9.17) is 10.5 Å². The van der Waals surface area contributed by atoms with Crippen molar-refractivity contribution in [2.45, 2.75) is 32.7 Å². The third kappa shape index (κ3) is 3.07. The zero-order valence-electron chi connectivity index (χ0n) is 11.6. The van der Waals surface area contributed by atoms with Gasteiger partial charge in [-0.05, 0) is 30.0 Å². The van der Waals surface area contributed by atoms with Crippen LogP contribution in [0.2, 0.25) is 0 Å². The van der Waals surface area contributed by atoms with Crippen LogP contribution in [0.15, 0.2) is 18.2 Å². The molecule has 1 aliphatic heterocycles. The zero-order chi connectivity index (χ0) is 13.8. The first kappa shape index (κ1) is 13.9. The number of carbonyl (C=O) groups excluding carboxylic acids is 1. The highest BCUT2D eigenvalue weighted by atomic mass is 16.5. The molecule has 2 unspecified atom stereocenters. The van der Waals surface area contributed by atoms with Crippen molar-refractivity contribution in [3.8, 4) is 5.75 Å². The Morgan fingerprint density at radius 1 is 1.47 bits per heavy atom. The van der Waals surface area contributed by atoms with Gasteiger partial charge in [0.25, 0.3) is 5.91 Å². The largest absolute Gasteiger partial charge is 0.491 e. The average molecular weight is 262 g/mol. The van der Waals surface area contributed by atoms with Crippen molar-refractivity contribution < 1.29 is 9.53 Å². The minimum atomic E-state index is -0.0790. The van der Waals surface area contributed by atoms with Gasteiger partial charge in [-0.15, -0.1) is 0 Å². The number of carbonyl (C=O) groups is 1. The van der Waals surface area contributed by atoms with E-state index in [1.807, 2.05) is 18.2 Å². The molecule has 1 aromatic carbocycles. The minimum Gasteiger partial charge on any atom is -0.491 e. The molecule has 0 aliphatic carbocycles. The summed E-state index contributed by atoms with van der Waals surface area (Å²) in [5.41, 5.74) is 7.86. The van der Waals surface area contributed by atoms with Gasteiger partial charge >= 0.3 is 0 Å². The van der Waals surface area contributed by atoms with Crippen molar-refractivity contribution in [3.05, 3.63) is 29.3 Å². The number of hydrogen-bond acceptors (Lipinski definition) is 3. The first-order valence-corrected chi connectivity index (χ1v) is 6.94. The molecular formula is C15H22N2O2. The molecule has 3 N–H and O–H groups in total. The Hall–Kier alpha value is -1.55. The summed E-state index contributed by atoms with van der Waals surface area (Å²) in [5.74, 6) is 0.969. The summed E-state index contributed by atoms with van der Waals surface area (Å²) < 4.78 is 5.54. The summed E-state index contributed by atoms with van der Waals surface area (Å²) in [6.07, 6.45) is 2.20. The van der Waals surface area contributed by atoms with E-state index in [0.29, 0.717) is 30.4 Å². The van der Waals surface area contributed by atoms with Gasteiger partial charge in [-0.3, -0.25) is 4.79 Å². The zero-order valence-corrected chi connectivity index (χ0v) is 11.6. The number of fused-ring (bicyclic) bond motifs is 1. The molecule has 1 amide bonds. The molecule has 0 spiro atoms. The summed E-state index contributed by atoms with van der Waals surface area (Å²) in [6.45, 7) is 5.36. The molecule has 2 rings (SSSR count). The van der Waals surface area contributed by atoms with Gasteiger partial charge in [0.2, 0.25) is 0 Å². The number of nitrogens with two attached hydrogens (primary N) is 1. The van der Waals surface area contributed by atoms with Crippen LogP contribution in [0.4, 0.5) is 0 Å². The summed E-state index contributed by atoms with van der Waals surface area (Å²) in [5, 5.41) is 2.82. The molecular weight excluding hydrogens is 240 g/mol. The van der Waals surface area contributed by atoms with E-state index in [0.717, 1.165) is 18.4 Å². The van der Waals surface area contributed by atoms with E-state index in [2.05, 4.69) is 19.2 Å². The van der Waals surface area contributed by atoms with Gasteiger partial charge in [-0.1, -0.05) is 26.3 Å². The lowest BCUT2D eigenvalue weighted by atomic mass is 9.91. The number of benzene rings is 1. The fourth-order valence-corrected chi connectivity index (χ4v) is 2.44. The van der Waals surface area contributed by atoms with Gasteiger partial charge in [0.05, 0.1) is 12.1 Å². The Kier molecular flexibility index (Phi) is 4.43. The Labute approximate surface area is 114 Å². The number of hydrogen-bond donors (Lipinski definition) is 2. The third-order valence-electron chi connectivity index (χ3n) is 3.64. The van der Waals surface area contributed by atoms with Crippen LogP contribution < -0.4 is 15.8 Å². The fraction of sp³-hybridized carbons (Fsp3) is 0.533. The molecule has 4 heteroatoms. The normalized spacial score (nSPS) is 17.7. The van der Waals surface area contributed by atoms with Crippen LogP contribution in [0.3, 0.4) is 0 Å². The molecule has 4 nitrogen and oxygen atoms in total. The topological polar surface area (TPSA) is 64.4 Å². The summed E-state index contributed by atoms with van der Waals surface area (Å²) in [6, 6.07) is 5.65. The van der Waals surface area contributed by atoms with E-state index in [9.17, 15) is 4.79 Å². The predicted octanol–water partition coefficient (Wildman–Crippen LogP) is 2.24. The highest BCUT2D eigenvalue weighted by molar-refractivity contribution is 5.97. The van der Waals surface area contributed by atoms with Gasteiger partial charge < -0.3 is 15.8 Å². The maximum Gasteiger partial charge on any atom is 0.255 e. The smallest absolute Gasteiger partial charge is 0.255 e. The number of amides is 1. The lowest BCUT2D eigenvalue weighted by molar-refractivity contribution is 0.0957.